The number of phenolic OH excluding ortho intramolecular Hbond substituents is 2. The van der Waals surface area contributed by atoms with Crippen LogP contribution in [-0.4, -0.2) is 39.4 Å². The number of aryl methyl sites for hydroxylation is 2. The lowest BCUT2D eigenvalue weighted by atomic mass is 10.2. The molecule has 0 radical (unpaired) electrons. The summed E-state index contributed by atoms with van der Waals surface area (Å²) in [5.74, 6) is -1.54. The van der Waals surface area contributed by atoms with Crippen LogP contribution in [0.3, 0.4) is 0 Å². The number of pyridine rings is 1. The summed E-state index contributed by atoms with van der Waals surface area (Å²) in [5.41, 5.74) is 9.55. The first-order valence-electron chi connectivity index (χ1n) is 14.5. The summed E-state index contributed by atoms with van der Waals surface area (Å²) in [5, 5.41) is 44.9. The molecule has 1 heterocycles. The van der Waals surface area contributed by atoms with Crippen LogP contribution in [0.1, 0.15) is 43.2 Å². The van der Waals surface area contributed by atoms with Crippen molar-refractivity contribution in [2.45, 2.75) is 13.8 Å². The zero-order valence-electron chi connectivity index (χ0n) is 25.8. The lowest BCUT2D eigenvalue weighted by molar-refractivity contribution is 0.0945. The summed E-state index contributed by atoms with van der Waals surface area (Å²) in [7, 11) is 0. The number of phenols is 2. The van der Waals surface area contributed by atoms with Gasteiger partial charge in [0.2, 0.25) is 0 Å². The number of rotatable bonds is 10. The van der Waals surface area contributed by atoms with Crippen LogP contribution in [0.5, 0.6) is 11.5 Å². The van der Waals surface area contributed by atoms with Gasteiger partial charge in [-0.25, -0.2) is 15.8 Å². The maximum absolute atomic E-state index is 12.7. The van der Waals surface area contributed by atoms with Gasteiger partial charge in [0.15, 0.2) is 0 Å². The fourth-order valence-corrected chi connectivity index (χ4v) is 3.99. The minimum absolute atomic E-state index is 0.0775. The largest absolute Gasteiger partial charge is 0.507 e. The molecule has 0 spiro atoms. The molecular formula is C35H29N9O4. The van der Waals surface area contributed by atoms with Gasteiger partial charge in [0.05, 0.1) is 35.2 Å². The van der Waals surface area contributed by atoms with Gasteiger partial charge in [-0.3, -0.25) is 9.59 Å². The predicted molar refractivity (Wildman–Crippen MR) is 181 cm³/mol. The van der Waals surface area contributed by atoms with E-state index in [1.807, 2.05) is 62.4 Å². The zero-order valence-corrected chi connectivity index (χ0v) is 25.8. The van der Waals surface area contributed by atoms with Gasteiger partial charge in [-0.1, -0.05) is 41.5 Å². The molecule has 0 aliphatic rings. The summed E-state index contributed by atoms with van der Waals surface area (Å²) in [6.07, 6.45) is 2.50. The normalized spacial score (nSPS) is 11.5. The van der Waals surface area contributed by atoms with Crippen LogP contribution < -0.4 is 10.9 Å². The van der Waals surface area contributed by atoms with Gasteiger partial charge in [0.25, 0.3) is 11.8 Å². The maximum atomic E-state index is 12.7. The molecule has 0 saturated heterocycles. The molecule has 1 aromatic heterocycles. The average Bonchev–Trinajstić information content (AvgIpc) is 3.10. The minimum atomic E-state index is -0.694. The Balaban J connectivity index is 1.18. The van der Waals surface area contributed by atoms with Crippen molar-refractivity contribution in [3.63, 3.8) is 0 Å². The summed E-state index contributed by atoms with van der Waals surface area (Å²) < 4.78 is 0. The van der Waals surface area contributed by atoms with E-state index in [0.29, 0.717) is 33.9 Å². The van der Waals surface area contributed by atoms with Crippen molar-refractivity contribution in [3.8, 4) is 11.5 Å². The van der Waals surface area contributed by atoms with E-state index < -0.39 is 11.8 Å². The molecule has 0 fully saturated rings. The Kier molecular flexibility index (Phi) is 10.4. The van der Waals surface area contributed by atoms with Crippen LogP contribution in [0, 0.1) is 13.8 Å². The Hall–Kier alpha value is -6.89. The van der Waals surface area contributed by atoms with Gasteiger partial charge in [-0.05, 0) is 86.6 Å². The van der Waals surface area contributed by atoms with Gasteiger partial charge in [0.1, 0.15) is 22.9 Å². The number of carbonyl (C=O) groups is 2. The van der Waals surface area contributed by atoms with E-state index >= 15 is 0 Å². The molecule has 0 saturated carbocycles. The van der Waals surface area contributed by atoms with Crippen molar-refractivity contribution in [3.05, 3.63) is 137 Å². The number of hydrogen-bond acceptors (Lipinski definition) is 11. The Labute approximate surface area is 275 Å². The van der Waals surface area contributed by atoms with Crippen LogP contribution in [0.4, 0.5) is 22.7 Å². The molecule has 4 aromatic carbocycles. The number of benzene rings is 4. The molecule has 0 aliphatic carbocycles. The van der Waals surface area contributed by atoms with E-state index in [1.165, 1.54) is 42.8 Å². The van der Waals surface area contributed by atoms with E-state index in [4.69, 9.17) is 0 Å². The lowest BCUT2D eigenvalue weighted by Crippen LogP contribution is -2.23. The lowest BCUT2D eigenvalue weighted by Gasteiger charge is -2.04. The van der Waals surface area contributed by atoms with Crippen molar-refractivity contribution in [2.24, 2.45) is 30.7 Å². The molecule has 0 unspecified atom stereocenters. The number of aromatic hydroxyl groups is 2. The minimum Gasteiger partial charge on any atom is -0.507 e. The molecule has 238 valence electrons. The second-order valence-corrected chi connectivity index (χ2v) is 10.4. The third kappa shape index (κ3) is 9.08. The fraction of sp³-hybridized carbons (Fsp3) is 0.0571. The molecule has 13 heteroatoms. The van der Waals surface area contributed by atoms with Crippen LogP contribution in [0.15, 0.2) is 134 Å². The van der Waals surface area contributed by atoms with Crippen LogP contribution in [-0.2, 0) is 0 Å². The molecule has 13 nitrogen and oxygen atoms in total. The maximum Gasteiger partial charge on any atom is 0.289 e. The average molecular weight is 640 g/mol. The van der Waals surface area contributed by atoms with E-state index in [0.717, 1.165) is 11.1 Å². The van der Waals surface area contributed by atoms with E-state index in [9.17, 15) is 19.8 Å². The predicted octanol–water partition coefficient (Wildman–Crippen LogP) is 7.47. The first-order valence-corrected chi connectivity index (χ1v) is 14.5. The van der Waals surface area contributed by atoms with Gasteiger partial charge < -0.3 is 10.2 Å². The van der Waals surface area contributed by atoms with E-state index in [-0.39, 0.29) is 22.9 Å². The number of amides is 2. The topological polar surface area (TPSA) is 186 Å². The van der Waals surface area contributed by atoms with Crippen molar-refractivity contribution >= 4 is 47.0 Å². The van der Waals surface area contributed by atoms with Gasteiger partial charge in [-0.2, -0.15) is 30.7 Å². The van der Waals surface area contributed by atoms with Crippen molar-refractivity contribution in [1.29, 1.82) is 0 Å². The molecule has 5 rings (SSSR count). The quantitative estimate of drug-likeness (QED) is 0.0700. The summed E-state index contributed by atoms with van der Waals surface area (Å²) in [6.45, 7) is 3.95. The number of azo groups is 2. The highest BCUT2D eigenvalue weighted by molar-refractivity contribution is 5.97. The fourth-order valence-electron chi connectivity index (χ4n) is 3.99. The van der Waals surface area contributed by atoms with Crippen molar-refractivity contribution in [2.75, 3.05) is 0 Å². The highest BCUT2D eigenvalue weighted by atomic mass is 16.3. The number of hydrogen-bond donors (Lipinski definition) is 4. The summed E-state index contributed by atoms with van der Waals surface area (Å²) in [4.78, 5) is 29.4. The second kappa shape index (κ2) is 15.4. The van der Waals surface area contributed by atoms with Crippen LogP contribution in [0.2, 0.25) is 0 Å². The molecule has 0 aliphatic heterocycles. The molecule has 5 aromatic rings. The van der Waals surface area contributed by atoms with Gasteiger partial charge in [-0.15, -0.1) is 0 Å². The Morgan fingerprint density at radius 3 is 1.35 bits per heavy atom. The van der Waals surface area contributed by atoms with Gasteiger partial charge in [0, 0.05) is 11.1 Å². The summed E-state index contributed by atoms with van der Waals surface area (Å²) in [6, 6.07) is 28.5. The first-order chi connectivity index (χ1) is 23.2. The second-order valence-electron chi connectivity index (χ2n) is 10.4. The highest BCUT2D eigenvalue weighted by Gasteiger charge is 2.12. The number of carbonyl (C=O) groups excluding carboxylic acids is 2. The molecule has 4 N–H and O–H groups in total. The Morgan fingerprint density at radius 1 is 0.562 bits per heavy atom. The monoisotopic (exact) mass is 639 g/mol. The third-order valence-corrected chi connectivity index (χ3v) is 6.61. The number of nitrogens with zero attached hydrogens (tertiary/aromatic N) is 7. The molecule has 48 heavy (non-hydrogen) atoms. The number of aromatic nitrogens is 1. The number of hydrazone groups is 2. The summed E-state index contributed by atoms with van der Waals surface area (Å²) >= 11 is 0. The Bertz CT molecular complexity index is 1910. The molecule has 2 amide bonds. The Morgan fingerprint density at radius 2 is 0.938 bits per heavy atom. The van der Waals surface area contributed by atoms with E-state index in [1.54, 1.807) is 24.3 Å². The van der Waals surface area contributed by atoms with Crippen LogP contribution >= 0.6 is 0 Å². The standard InChI is InChI=1S/C35H29N9O4/c1-22-6-10-26(11-7-22)39-41-28-14-16-32(45)24(18-28)20-36-43-34(47)30-4-3-5-31(38-30)35(48)44-37-21-25-19-29(15-17-33(25)46)42-40-27-12-8-23(2)9-13-27/h3-21,45-46H,1-2H3,(H,43,47)(H,44,48)/b36-20+,37-21+,41-39?,42-40?. The smallest absolute Gasteiger partial charge is 0.289 e. The van der Waals surface area contributed by atoms with Crippen molar-refractivity contribution < 1.29 is 19.8 Å². The molecule has 0 atom stereocenters. The zero-order chi connectivity index (χ0) is 33.9. The SMILES string of the molecule is Cc1ccc(N=Nc2ccc(O)c(/C=N/NC(=O)c3cccc(C(=O)N/N=C/c4cc(N=Nc5ccc(C)cc5)ccc4O)n3)c2)cc1. The molecular weight excluding hydrogens is 610 g/mol. The van der Waals surface area contributed by atoms with Gasteiger partial charge >= 0.3 is 0 Å². The first kappa shape index (κ1) is 32.5. The number of nitrogens with one attached hydrogen (secondary N) is 2. The highest BCUT2D eigenvalue weighted by Crippen LogP contribution is 2.25. The van der Waals surface area contributed by atoms with Crippen molar-refractivity contribution in [1.82, 2.24) is 15.8 Å². The third-order valence-electron chi connectivity index (χ3n) is 6.61. The van der Waals surface area contributed by atoms with E-state index in [2.05, 4.69) is 46.5 Å². The van der Waals surface area contributed by atoms with Crippen LogP contribution in [0.25, 0.3) is 0 Å². The molecule has 0 bridgehead atoms.